The van der Waals surface area contributed by atoms with Gasteiger partial charge in [-0.05, 0) is 26.0 Å². The van der Waals surface area contributed by atoms with E-state index in [-0.39, 0.29) is 17.5 Å². The molecule has 0 aliphatic rings. The summed E-state index contributed by atoms with van der Waals surface area (Å²) in [5, 5.41) is 2.34. The summed E-state index contributed by atoms with van der Waals surface area (Å²) in [5.74, 6) is -0.632. The molecule has 106 valence electrons. The number of pyridine rings is 1. The van der Waals surface area contributed by atoms with Crippen LogP contribution in [0.2, 0.25) is 5.15 Å². The molecule has 0 atom stereocenters. The number of amides is 1. The number of nitrogens with one attached hydrogen (secondary N) is 1. The molecule has 0 radical (unpaired) electrons. The van der Waals surface area contributed by atoms with E-state index >= 15 is 0 Å². The monoisotopic (exact) mass is 295 g/mol. The van der Waals surface area contributed by atoms with Gasteiger partial charge in [-0.15, -0.1) is 0 Å². The van der Waals surface area contributed by atoms with E-state index in [0.717, 1.165) is 12.1 Å². The highest BCUT2D eigenvalue weighted by Crippen LogP contribution is 2.32. The maximum absolute atomic E-state index is 12.6. The average molecular weight is 296 g/mol. The molecule has 0 aliphatic carbocycles. The molecule has 1 aromatic rings. The minimum atomic E-state index is -4.51. The van der Waals surface area contributed by atoms with Gasteiger partial charge in [-0.2, -0.15) is 13.2 Å². The molecular weight excluding hydrogens is 283 g/mol. The molecule has 0 fully saturated rings. The Morgan fingerprint density at radius 3 is 2.47 bits per heavy atom. The number of primary amides is 1. The maximum atomic E-state index is 12.6. The lowest BCUT2D eigenvalue weighted by atomic mass is 9.93. The highest BCUT2D eigenvalue weighted by molar-refractivity contribution is 6.29. The standard InChI is InChI=1S/C11H13ClF3N3O/c1-10(2,9(16)19)5-17-8-4-6(11(13,14)15)3-7(12)18-8/h3-4H,5H2,1-2H3,(H2,16,19)(H,17,18). The van der Waals surface area contributed by atoms with Gasteiger partial charge in [-0.1, -0.05) is 11.6 Å². The Labute approximate surface area is 113 Å². The molecule has 0 aliphatic heterocycles. The number of nitrogens with two attached hydrogens (primary N) is 1. The number of nitrogens with zero attached hydrogens (tertiary/aromatic N) is 1. The number of alkyl halides is 3. The van der Waals surface area contributed by atoms with E-state index in [9.17, 15) is 18.0 Å². The summed E-state index contributed by atoms with van der Waals surface area (Å²) in [6, 6.07) is 1.55. The molecule has 1 rings (SSSR count). The molecule has 3 N–H and O–H groups in total. The highest BCUT2D eigenvalue weighted by Gasteiger charge is 2.32. The zero-order valence-electron chi connectivity index (χ0n) is 10.3. The summed E-state index contributed by atoms with van der Waals surface area (Å²) >= 11 is 5.53. The fourth-order valence-corrected chi connectivity index (χ4v) is 1.36. The normalized spacial score (nSPS) is 12.3. The summed E-state index contributed by atoms with van der Waals surface area (Å²) in [6.45, 7) is 3.18. The number of aromatic nitrogens is 1. The Kier molecular flexibility index (Phi) is 4.29. The van der Waals surface area contributed by atoms with Crippen LogP contribution >= 0.6 is 11.6 Å². The molecular formula is C11H13ClF3N3O. The Balaban J connectivity index is 2.91. The van der Waals surface area contributed by atoms with Crippen molar-refractivity contribution >= 4 is 23.3 Å². The first-order chi connectivity index (χ1) is 8.52. The lowest BCUT2D eigenvalue weighted by Crippen LogP contribution is -2.37. The molecule has 19 heavy (non-hydrogen) atoms. The number of hydrogen-bond donors (Lipinski definition) is 2. The summed E-state index contributed by atoms with van der Waals surface area (Å²) in [4.78, 5) is 14.8. The number of anilines is 1. The zero-order chi connectivity index (χ0) is 14.8. The van der Waals surface area contributed by atoms with Gasteiger partial charge < -0.3 is 11.1 Å². The Hall–Kier alpha value is -1.50. The average Bonchev–Trinajstić information content (AvgIpc) is 2.24. The van der Waals surface area contributed by atoms with Gasteiger partial charge in [0.1, 0.15) is 11.0 Å². The second-order valence-electron chi connectivity index (χ2n) is 4.66. The highest BCUT2D eigenvalue weighted by atomic mass is 35.5. The van der Waals surface area contributed by atoms with Crippen LogP contribution in [0, 0.1) is 5.41 Å². The summed E-state index contributed by atoms with van der Waals surface area (Å²) in [6.07, 6.45) is -4.51. The van der Waals surface area contributed by atoms with Crippen molar-refractivity contribution in [1.82, 2.24) is 4.98 Å². The van der Waals surface area contributed by atoms with Crippen LogP contribution < -0.4 is 11.1 Å². The van der Waals surface area contributed by atoms with Crippen LogP contribution in [0.5, 0.6) is 0 Å². The van der Waals surface area contributed by atoms with Gasteiger partial charge in [-0.3, -0.25) is 4.79 Å². The van der Waals surface area contributed by atoms with Gasteiger partial charge >= 0.3 is 6.18 Å². The maximum Gasteiger partial charge on any atom is 0.416 e. The number of carbonyl (C=O) groups excluding carboxylic acids is 1. The third-order valence-corrected chi connectivity index (χ3v) is 2.69. The van der Waals surface area contributed by atoms with Crippen LogP contribution in [0.25, 0.3) is 0 Å². The number of halogens is 4. The summed E-state index contributed by atoms with van der Waals surface area (Å²) < 4.78 is 37.7. The molecule has 0 spiro atoms. The molecule has 1 amide bonds. The Morgan fingerprint density at radius 1 is 1.42 bits per heavy atom. The van der Waals surface area contributed by atoms with Crippen molar-refractivity contribution in [3.8, 4) is 0 Å². The largest absolute Gasteiger partial charge is 0.416 e. The van der Waals surface area contributed by atoms with Gasteiger partial charge in [0.2, 0.25) is 5.91 Å². The van der Waals surface area contributed by atoms with Gasteiger partial charge in [0.05, 0.1) is 11.0 Å². The smallest absolute Gasteiger partial charge is 0.369 e. The van der Waals surface area contributed by atoms with Crippen LogP contribution in [-0.4, -0.2) is 17.4 Å². The fourth-order valence-electron chi connectivity index (χ4n) is 1.15. The quantitative estimate of drug-likeness (QED) is 0.839. The molecule has 0 saturated heterocycles. The predicted molar refractivity (Wildman–Crippen MR) is 65.7 cm³/mol. The molecule has 1 heterocycles. The molecule has 0 unspecified atom stereocenters. The lowest BCUT2D eigenvalue weighted by molar-refractivity contribution is -0.137. The van der Waals surface area contributed by atoms with Gasteiger partial charge in [-0.25, -0.2) is 4.98 Å². The van der Waals surface area contributed by atoms with Crippen LogP contribution in [0.1, 0.15) is 19.4 Å². The SMILES string of the molecule is CC(C)(CNc1cc(C(F)(F)F)cc(Cl)n1)C(N)=O. The third-order valence-electron chi connectivity index (χ3n) is 2.50. The van der Waals surface area contributed by atoms with Gasteiger partial charge in [0.15, 0.2) is 0 Å². The van der Waals surface area contributed by atoms with Crippen LogP contribution in [0.4, 0.5) is 19.0 Å². The van der Waals surface area contributed by atoms with Gasteiger partial charge in [0, 0.05) is 6.54 Å². The van der Waals surface area contributed by atoms with Crippen molar-refractivity contribution in [2.45, 2.75) is 20.0 Å². The minimum absolute atomic E-state index is 0.0486. The first kappa shape index (κ1) is 15.6. The van der Waals surface area contributed by atoms with Crippen LogP contribution in [-0.2, 0) is 11.0 Å². The van der Waals surface area contributed by atoms with Crippen molar-refractivity contribution in [2.75, 3.05) is 11.9 Å². The van der Waals surface area contributed by atoms with E-state index in [2.05, 4.69) is 10.3 Å². The van der Waals surface area contributed by atoms with Crippen LogP contribution in [0.3, 0.4) is 0 Å². The summed E-state index contributed by atoms with van der Waals surface area (Å²) in [7, 11) is 0. The number of carbonyl (C=O) groups is 1. The van der Waals surface area contributed by atoms with E-state index < -0.39 is 23.1 Å². The van der Waals surface area contributed by atoms with E-state index in [1.54, 1.807) is 13.8 Å². The molecule has 0 bridgehead atoms. The predicted octanol–water partition coefficient (Wildman–Crippen LogP) is 2.68. The minimum Gasteiger partial charge on any atom is -0.369 e. The summed E-state index contributed by atoms with van der Waals surface area (Å²) in [5.41, 5.74) is 3.33. The van der Waals surface area contributed by atoms with Crippen molar-refractivity contribution in [2.24, 2.45) is 11.1 Å². The zero-order valence-corrected chi connectivity index (χ0v) is 11.1. The molecule has 0 aromatic carbocycles. The molecule has 4 nitrogen and oxygen atoms in total. The van der Waals surface area contributed by atoms with Crippen molar-refractivity contribution in [3.63, 3.8) is 0 Å². The Bertz CT molecular complexity index is 489. The van der Waals surface area contributed by atoms with Crippen LogP contribution in [0.15, 0.2) is 12.1 Å². The lowest BCUT2D eigenvalue weighted by Gasteiger charge is -2.21. The first-order valence-corrected chi connectivity index (χ1v) is 5.69. The van der Waals surface area contributed by atoms with Crippen molar-refractivity contribution in [3.05, 3.63) is 22.8 Å². The number of hydrogen-bond acceptors (Lipinski definition) is 3. The topological polar surface area (TPSA) is 68.0 Å². The molecule has 8 heteroatoms. The fraction of sp³-hybridized carbons (Fsp3) is 0.455. The van der Waals surface area contributed by atoms with E-state index in [0.29, 0.717) is 0 Å². The van der Waals surface area contributed by atoms with E-state index in [1.807, 2.05) is 0 Å². The van der Waals surface area contributed by atoms with E-state index in [4.69, 9.17) is 17.3 Å². The second kappa shape index (κ2) is 5.24. The van der Waals surface area contributed by atoms with Crippen molar-refractivity contribution < 1.29 is 18.0 Å². The molecule has 1 aromatic heterocycles. The van der Waals surface area contributed by atoms with E-state index in [1.165, 1.54) is 0 Å². The first-order valence-electron chi connectivity index (χ1n) is 5.31. The third kappa shape index (κ3) is 4.27. The number of rotatable bonds is 4. The van der Waals surface area contributed by atoms with Crippen molar-refractivity contribution in [1.29, 1.82) is 0 Å². The van der Waals surface area contributed by atoms with Gasteiger partial charge in [0.25, 0.3) is 0 Å². The molecule has 0 saturated carbocycles. The second-order valence-corrected chi connectivity index (χ2v) is 5.05. The Morgan fingerprint density at radius 2 is 2.00 bits per heavy atom.